The molecule has 1 saturated heterocycles. The van der Waals surface area contributed by atoms with Gasteiger partial charge in [-0.05, 0) is 37.5 Å². The van der Waals surface area contributed by atoms with E-state index in [1.807, 2.05) is 24.3 Å². The van der Waals surface area contributed by atoms with E-state index in [1.165, 1.54) is 0 Å². The first-order chi connectivity index (χ1) is 7.78. The molecule has 1 fully saturated rings. The zero-order valence-electron chi connectivity index (χ0n) is 9.65. The maximum absolute atomic E-state index is 8.92. The highest BCUT2D eigenvalue weighted by atomic mass is 16.5. The fraction of sp³-hybridized carbons (Fsp3) is 0.538. The summed E-state index contributed by atoms with van der Waals surface area (Å²) in [4.78, 5) is 0. The molecule has 0 bridgehead atoms. The lowest BCUT2D eigenvalue weighted by molar-refractivity contribution is 0.0637. The molecule has 3 heteroatoms. The summed E-state index contributed by atoms with van der Waals surface area (Å²) in [6.07, 6.45) is 3.05. The van der Waals surface area contributed by atoms with Crippen molar-refractivity contribution in [2.75, 3.05) is 11.9 Å². The van der Waals surface area contributed by atoms with Crippen LogP contribution in [0.15, 0.2) is 24.3 Å². The highest BCUT2D eigenvalue weighted by molar-refractivity contribution is 5.44. The fourth-order valence-electron chi connectivity index (χ4n) is 2.00. The van der Waals surface area contributed by atoms with E-state index in [9.17, 15) is 0 Å². The number of anilines is 1. The van der Waals surface area contributed by atoms with Crippen molar-refractivity contribution in [2.45, 2.75) is 38.6 Å². The van der Waals surface area contributed by atoms with Gasteiger partial charge in [0.1, 0.15) is 0 Å². The Labute approximate surface area is 96.4 Å². The number of benzene rings is 1. The first-order valence-corrected chi connectivity index (χ1v) is 5.87. The predicted molar refractivity (Wildman–Crippen MR) is 64.4 cm³/mol. The molecule has 2 N–H and O–H groups in total. The summed E-state index contributed by atoms with van der Waals surface area (Å²) >= 11 is 0. The second-order valence-corrected chi connectivity index (χ2v) is 4.38. The van der Waals surface area contributed by atoms with Crippen LogP contribution < -0.4 is 5.32 Å². The van der Waals surface area contributed by atoms with Gasteiger partial charge in [0.2, 0.25) is 0 Å². The maximum Gasteiger partial charge on any atom is 0.0751 e. The van der Waals surface area contributed by atoms with Crippen LogP contribution in [0.25, 0.3) is 0 Å². The van der Waals surface area contributed by atoms with E-state index >= 15 is 0 Å². The molecule has 16 heavy (non-hydrogen) atoms. The standard InChI is InChI=1S/C13H19NO2/c1-10-2-7-13(16-10)8-14-12-5-3-11(9-15)4-6-12/h3-6,10,13-15H,2,7-9H2,1H3. The van der Waals surface area contributed by atoms with Crippen LogP contribution in [0.5, 0.6) is 0 Å². The number of ether oxygens (including phenoxy) is 1. The van der Waals surface area contributed by atoms with Gasteiger partial charge in [0.25, 0.3) is 0 Å². The van der Waals surface area contributed by atoms with Crippen LogP contribution in [-0.4, -0.2) is 23.9 Å². The molecule has 2 unspecified atom stereocenters. The van der Waals surface area contributed by atoms with Gasteiger partial charge in [0.15, 0.2) is 0 Å². The number of aliphatic hydroxyl groups excluding tert-OH is 1. The molecule has 2 atom stereocenters. The minimum Gasteiger partial charge on any atom is -0.392 e. The smallest absolute Gasteiger partial charge is 0.0751 e. The predicted octanol–water partition coefficient (Wildman–Crippen LogP) is 2.16. The largest absolute Gasteiger partial charge is 0.392 e. The molecule has 88 valence electrons. The van der Waals surface area contributed by atoms with Crippen molar-refractivity contribution in [1.29, 1.82) is 0 Å². The molecule has 1 heterocycles. The quantitative estimate of drug-likeness (QED) is 0.818. The van der Waals surface area contributed by atoms with E-state index in [2.05, 4.69) is 12.2 Å². The summed E-state index contributed by atoms with van der Waals surface area (Å²) in [5.41, 5.74) is 2.02. The maximum atomic E-state index is 8.92. The Bertz CT molecular complexity index is 323. The van der Waals surface area contributed by atoms with Gasteiger partial charge < -0.3 is 15.2 Å². The third-order valence-electron chi connectivity index (χ3n) is 2.99. The minimum atomic E-state index is 0.101. The SMILES string of the molecule is CC1CCC(CNc2ccc(CO)cc2)O1. The molecule has 1 aliphatic rings. The lowest BCUT2D eigenvalue weighted by Gasteiger charge is -2.13. The summed E-state index contributed by atoms with van der Waals surface area (Å²) < 4.78 is 5.73. The van der Waals surface area contributed by atoms with E-state index in [-0.39, 0.29) is 6.61 Å². The number of hydrogen-bond donors (Lipinski definition) is 2. The van der Waals surface area contributed by atoms with Crippen molar-refractivity contribution < 1.29 is 9.84 Å². The normalized spacial score (nSPS) is 24.6. The van der Waals surface area contributed by atoms with Crippen molar-refractivity contribution in [3.8, 4) is 0 Å². The lowest BCUT2D eigenvalue weighted by atomic mass is 10.2. The zero-order valence-corrected chi connectivity index (χ0v) is 9.65. The Balaban J connectivity index is 1.80. The summed E-state index contributed by atoms with van der Waals surface area (Å²) in [7, 11) is 0. The summed E-state index contributed by atoms with van der Waals surface area (Å²) in [5.74, 6) is 0. The molecule has 0 spiro atoms. The third kappa shape index (κ3) is 2.97. The van der Waals surface area contributed by atoms with Gasteiger partial charge in [0.05, 0.1) is 18.8 Å². The van der Waals surface area contributed by atoms with Crippen LogP contribution in [0.2, 0.25) is 0 Å². The Kier molecular flexibility index (Phi) is 3.80. The van der Waals surface area contributed by atoms with Gasteiger partial charge in [0, 0.05) is 12.2 Å². The fourth-order valence-corrected chi connectivity index (χ4v) is 2.00. The minimum absolute atomic E-state index is 0.101. The Morgan fingerprint density at radius 3 is 2.62 bits per heavy atom. The molecule has 0 aromatic heterocycles. The molecule has 0 amide bonds. The van der Waals surface area contributed by atoms with Gasteiger partial charge in [-0.25, -0.2) is 0 Å². The Morgan fingerprint density at radius 1 is 1.31 bits per heavy atom. The average molecular weight is 221 g/mol. The Morgan fingerprint density at radius 2 is 2.06 bits per heavy atom. The van der Waals surface area contributed by atoms with E-state index < -0.39 is 0 Å². The molecule has 3 nitrogen and oxygen atoms in total. The first-order valence-electron chi connectivity index (χ1n) is 5.87. The number of nitrogens with one attached hydrogen (secondary N) is 1. The first kappa shape index (κ1) is 11.4. The number of rotatable bonds is 4. The van der Waals surface area contributed by atoms with Crippen molar-refractivity contribution in [1.82, 2.24) is 0 Å². The van der Waals surface area contributed by atoms with E-state index in [1.54, 1.807) is 0 Å². The van der Waals surface area contributed by atoms with E-state index in [0.29, 0.717) is 12.2 Å². The Hall–Kier alpha value is -1.06. The summed E-state index contributed by atoms with van der Waals surface area (Å²) in [6, 6.07) is 7.84. The van der Waals surface area contributed by atoms with E-state index in [0.717, 1.165) is 30.6 Å². The monoisotopic (exact) mass is 221 g/mol. The number of hydrogen-bond acceptors (Lipinski definition) is 3. The summed E-state index contributed by atoms with van der Waals surface area (Å²) in [5, 5.41) is 12.3. The molecule has 0 radical (unpaired) electrons. The average Bonchev–Trinajstić information content (AvgIpc) is 2.73. The molecule has 1 aliphatic heterocycles. The highest BCUT2D eigenvalue weighted by Crippen LogP contribution is 2.19. The molecule has 1 aromatic rings. The third-order valence-corrected chi connectivity index (χ3v) is 2.99. The molecule has 2 rings (SSSR count). The molecule has 0 aliphatic carbocycles. The van der Waals surface area contributed by atoms with Crippen LogP contribution in [0.4, 0.5) is 5.69 Å². The molecule has 0 saturated carbocycles. The lowest BCUT2D eigenvalue weighted by Crippen LogP contribution is -2.19. The zero-order chi connectivity index (χ0) is 11.4. The van der Waals surface area contributed by atoms with Gasteiger partial charge in [-0.3, -0.25) is 0 Å². The van der Waals surface area contributed by atoms with Crippen molar-refractivity contribution in [2.24, 2.45) is 0 Å². The van der Waals surface area contributed by atoms with Crippen LogP contribution in [0, 0.1) is 0 Å². The van der Waals surface area contributed by atoms with Crippen molar-refractivity contribution >= 4 is 5.69 Å². The number of aliphatic hydroxyl groups is 1. The van der Waals surface area contributed by atoms with Crippen molar-refractivity contribution in [3.05, 3.63) is 29.8 Å². The second-order valence-electron chi connectivity index (χ2n) is 4.38. The van der Waals surface area contributed by atoms with Gasteiger partial charge in [-0.2, -0.15) is 0 Å². The second kappa shape index (κ2) is 5.32. The highest BCUT2D eigenvalue weighted by Gasteiger charge is 2.20. The molecular weight excluding hydrogens is 202 g/mol. The van der Waals surface area contributed by atoms with Crippen LogP contribution in [0.3, 0.4) is 0 Å². The van der Waals surface area contributed by atoms with Gasteiger partial charge >= 0.3 is 0 Å². The van der Waals surface area contributed by atoms with Crippen molar-refractivity contribution in [3.63, 3.8) is 0 Å². The topological polar surface area (TPSA) is 41.5 Å². The van der Waals surface area contributed by atoms with Crippen LogP contribution in [0.1, 0.15) is 25.3 Å². The van der Waals surface area contributed by atoms with Gasteiger partial charge in [-0.15, -0.1) is 0 Å². The summed E-state index contributed by atoms with van der Waals surface area (Å²) in [6.45, 7) is 3.09. The van der Waals surface area contributed by atoms with Crippen LogP contribution in [-0.2, 0) is 11.3 Å². The van der Waals surface area contributed by atoms with Crippen LogP contribution >= 0.6 is 0 Å². The van der Waals surface area contributed by atoms with E-state index in [4.69, 9.17) is 9.84 Å². The molecular formula is C13H19NO2. The molecule has 1 aromatic carbocycles. The van der Waals surface area contributed by atoms with Gasteiger partial charge in [-0.1, -0.05) is 12.1 Å².